The number of unbranched alkanes of at least 4 members (excludes halogenated alkanes) is 2. The Kier molecular flexibility index (Phi) is 8.53. The van der Waals surface area contributed by atoms with Gasteiger partial charge in [0, 0.05) is 12.7 Å². The second kappa shape index (κ2) is 10.4. The molecule has 1 heterocycles. The van der Waals surface area contributed by atoms with E-state index in [1.54, 1.807) is 0 Å². The fourth-order valence-electron chi connectivity index (χ4n) is 3.51. The molecule has 0 aliphatic carbocycles. The SMILES string of the molecule is CCCC/C=C/C[C@@H](C[C@H](OC(C)=O)c1ccccc1)B1OC(C)(C)C(C)(C)O1. The number of rotatable bonds is 10. The van der Waals surface area contributed by atoms with Crippen molar-refractivity contribution in [2.24, 2.45) is 0 Å². The lowest BCUT2D eigenvalue weighted by atomic mass is 9.66. The molecule has 1 aliphatic rings. The van der Waals surface area contributed by atoms with Crippen molar-refractivity contribution >= 4 is 13.1 Å². The van der Waals surface area contributed by atoms with Crippen molar-refractivity contribution < 1.29 is 18.8 Å². The molecule has 1 aromatic rings. The lowest BCUT2D eigenvalue weighted by molar-refractivity contribution is -0.147. The lowest BCUT2D eigenvalue weighted by Gasteiger charge is -2.32. The average Bonchev–Trinajstić information content (AvgIpc) is 2.87. The maximum atomic E-state index is 11.8. The number of ether oxygens (including phenoxy) is 1. The van der Waals surface area contributed by atoms with E-state index in [4.69, 9.17) is 14.0 Å². The Bertz CT molecular complexity index is 653. The van der Waals surface area contributed by atoms with Crippen LogP contribution in [0.15, 0.2) is 42.5 Å². The topological polar surface area (TPSA) is 44.8 Å². The second-order valence-corrected chi connectivity index (χ2v) is 8.98. The van der Waals surface area contributed by atoms with Crippen molar-refractivity contribution in [2.75, 3.05) is 0 Å². The van der Waals surface area contributed by atoms with Gasteiger partial charge in [-0.3, -0.25) is 4.79 Å². The van der Waals surface area contributed by atoms with Crippen LogP contribution in [0.25, 0.3) is 0 Å². The van der Waals surface area contributed by atoms with E-state index < -0.39 is 0 Å². The fraction of sp³-hybridized carbons (Fsp3) is 0.625. The van der Waals surface area contributed by atoms with Gasteiger partial charge in [0.25, 0.3) is 0 Å². The van der Waals surface area contributed by atoms with Gasteiger partial charge >= 0.3 is 13.1 Å². The van der Waals surface area contributed by atoms with Crippen LogP contribution in [-0.4, -0.2) is 24.3 Å². The Hall–Kier alpha value is -1.59. The molecule has 1 aliphatic heterocycles. The number of allylic oxidation sites excluding steroid dienone is 2. The molecular weight excluding hydrogens is 363 g/mol. The first kappa shape index (κ1) is 23.7. The van der Waals surface area contributed by atoms with Gasteiger partial charge in [0.2, 0.25) is 0 Å². The van der Waals surface area contributed by atoms with Crippen LogP contribution in [0.4, 0.5) is 0 Å². The van der Waals surface area contributed by atoms with Crippen LogP contribution < -0.4 is 0 Å². The Morgan fingerprint density at radius 3 is 2.28 bits per heavy atom. The molecule has 0 N–H and O–H groups in total. The lowest BCUT2D eigenvalue weighted by Crippen LogP contribution is -2.41. The maximum Gasteiger partial charge on any atom is 0.461 e. The van der Waals surface area contributed by atoms with Crippen LogP contribution in [0, 0.1) is 0 Å². The van der Waals surface area contributed by atoms with Gasteiger partial charge in [0.15, 0.2) is 0 Å². The highest BCUT2D eigenvalue weighted by atomic mass is 16.7. The predicted molar refractivity (Wildman–Crippen MR) is 119 cm³/mol. The van der Waals surface area contributed by atoms with Crippen molar-refractivity contribution in [3.8, 4) is 0 Å². The molecular formula is C24H37BO4. The van der Waals surface area contributed by atoms with E-state index in [1.807, 2.05) is 30.3 Å². The quantitative estimate of drug-likeness (QED) is 0.201. The molecule has 5 heteroatoms. The van der Waals surface area contributed by atoms with Crippen LogP contribution in [0.5, 0.6) is 0 Å². The van der Waals surface area contributed by atoms with Gasteiger partial charge in [-0.2, -0.15) is 0 Å². The molecule has 2 rings (SSSR count). The molecule has 1 aromatic carbocycles. The summed E-state index contributed by atoms with van der Waals surface area (Å²) in [5.74, 6) is -0.191. The minimum Gasteiger partial charge on any atom is -0.458 e. The number of benzene rings is 1. The molecule has 1 fully saturated rings. The molecule has 0 aromatic heterocycles. The highest BCUT2D eigenvalue weighted by Crippen LogP contribution is 2.43. The normalized spacial score (nSPS) is 20.0. The molecule has 29 heavy (non-hydrogen) atoms. The van der Waals surface area contributed by atoms with Crippen LogP contribution >= 0.6 is 0 Å². The summed E-state index contributed by atoms with van der Waals surface area (Å²) >= 11 is 0. The van der Waals surface area contributed by atoms with Crippen molar-refractivity contribution in [1.29, 1.82) is 0 Å². The summed E-state index contributed by atoms with van der Waals surface area (Å²) < 4.78 is 18.4. The van der Waals surface area contributed by atoms with E-state index in [0.29, 0.717) is 6.42 Å². The molecule has 4 nitrogen and oxygen atoms in total. The Labute approximate surface area is 177 Å². The number of hydrogen-bond acceptors (Lipinski definition) is 4. The first-order valence-electron chi connectivity index (χ1n) is 10.9. The summed E-state index contributed by atoms with van der Waals surface area (Å²) in [5, 5.41) is 0. The third-order valence-corrected chi connectivity index (χ3v) is 5.98. The maximum absolute atomic E-state index is 11.8. The summed E-state index contributed by atoms with van der Waals surface area (Å²) in [6.45, 7) is 11.9. The van der Waals surface area contributed by atoms with Crippen LogP contribution in [0.1, 0.15) is 85.3 Å². The number of hydrogen-bond donors (Lipinski definition) is 0. The number of carbonyl (C=O) groups excluding carboxylic acids is 1. The van der Waals surface area contributed by atoms with E-state index >= 15 is 0 Å². The van der Waals surface area contributed by atoms with Crippen molar-refractivity contribution in [2.45, 2.75) is 96.8 Å². The molecule has 160 valence electrons. The van der Waals surface area contributed by atoms with Gasteiger partial charge < -0.3 is 14.0 Å². The van der Waals surface area contributed by atoms with Crippen molar-refractivity contribution in [1.82, 2.24) is 0 Å². The molecule has 2 atom stereocenters. The highest BCUT2D eigenvalue weighted by Gasteiger charge is 2.53. The van der Waals surface area contributed by atoms with Gasteiger partial charge in [-0.1, -0.05) is 62.2 Å². The predicted octanol–water partition coefficient (Wildman–Crippen LogP) is 6.28. The third-order valence-electron chi connectivity index (χ3n) is 5.98. The molecule has 0 bridgehead atoms. The molecule has 0 spiro atoms. The highest BCUT2D eigenvalue weighted by molar-refractivity contribution is 6.47. The zero-order valence-corrected chi connectivity index (χ0v) is 18.9. The van der Waals surface area contributed by atoms with Gasteiger partial charge in [-0.25, -0.2) is 0 Å². The number of carbonyl (C=O) groups is 1. The Morgan fingerprint density at radius 2 is 1.72 bits per heavy atom. The Balaban J connectivity index is 2.21. The van der Waals surface area contributed by atoms with Gasteiger partial charge in [-0.15, -0.1) is 0 Å². The van der Waals surface area contributed by atoms with E-state index in [-0.39, 0.29) is 36.2 Å². The summed E-state index contributed by atoms with van der Waals surface area (Å²) in [5.41, 5.74) is 0.232. The minimum absolute atomic E-state index is 0.0819. The van der Waals surface area contributed by atoms with Crippen molar-refractivity contribution in [3.05, 3.63) is 48.0 Å². The van der Waals surface area contributed by atoms with E-state index in [2.05, 4.69) is 46.8 Å². The third kappa shape index (κ3) is 6.72. The van der Waals surface area contributed by atoms with E-state index in [1.165, 1.54) is 19.8 Å². The number of esters is 1. The summed E-state index contributed by atoms with van der Waals surface area (Å²) in [6, 6.07) is 9.93. The molecule has 0 amide bonds. The second-order valence-electron chi connectivity index (χ2n) is 8.98. The summed E-state index contributed by atoms with van der Waals surface area (Å²) in [4.78, 5) is 11.8. The van der Waals surface area contributed by atoms with Crippen LogP contribution in [0.3, 0.4) is 0 Å². The molecule has 1 saturated heterocycles. The van der Waals surface area contributed by atoms with Crippen molar-refractivity contribution in [3.63, 3.8) is 0 Å². The van der Waals surface area contributed by atoms with Crippen LogP contribution in [-0.2, 0) is 18.8 Å². The largest absolute Gasteiger partial charge is 0.461 e. The zero-order chi connectivity index (χ0) is 21.5. The Morgan fingerprint density at radius 1 is 1.10 bits per heavy atom. The zero-order valence-electron chi connectivity index (χ0n) is 18.9. The first-order valence-corrected chi connectivity index (χ1v) is 10.9. The van der Waals surface area contributed by atoms with E-state index in [9.17, 15) is 4.79 Å². The van der Waals surface area contributed by atoms with Gasteiger partial charge in [0.1, 0.15) is 6.10 Å². The fourth-order valence-corrected chi connectivity index (χ4v) is 3.51. The van der Waals surface area contributed by atoms with Crippen LogP contribution in [0.2, 0.25) is 5.82 Å². The minimum atomic E-state index is -0.383. The molecule has 0 unspecified atom stereocenters. The monoisotopic (exact) mass is 400 g/mol. The summed E-state index contributed by atoms with van der Waals surface area (Å²) in [7, 11) is -0.336. The molecule has 0 radical (unpaired) electrons. The smallest absolute Gasteiger partial charge is 0.458 e. The van der Waals surface area contributed by atoms with Gasteiger partial charge in [-0.05, 0) is 52.5 Å². The molecule has 0 saturated carbocycles. The average molecular weight is 400 g/mol. The first-order chi connectivity index (χ1) is 13.7. The summed E-state index contributed by atoms with van der Waals surface area (Å²) in [6.07, 6.45) is 9.08. The van der Waals surface area contributed by atoms with E-state index in [0.717, 1.165) is 18.4 Å². The standard InChI is InChI=1S/C24H37BO4/c1-7-8-9-10-14-17-21(25-28-23(3,4)24(5,6)29-25)18-22(27-19(2)26)20-15-12-11-13-16-20/h10-16,21-22H,7-9,17-18H2,1-6H3/b14-10+/t21-,22-/m0/s1. The van der Waals surface area contributed by atoms with Gasteiger partial charge in [0.05, 0.1) is 11.2 Å².